The Balaban J connectivity index is 1.56. The molecule has 2 N–H and O–H groups in total. The fraction of sp³-hybridized carbons (Fsp3) is 0.0952. The highest BCUT2D eigenvalue weighted by atomic mass is 19.4. The number of halogens is 3. The van der Waals surface area contributed by atoms with E-state index in [1.165, 1.54) is 30.5 Å². The van der Waals surface area contributed by atoms with Gasteiger partial charge in [0.25, 0.3) is 11.8 Å². The van der Waals surface area contributed by atoms with Gasteiger partial charge in [-0.15, -0.1) is 0 Å². The average Bonchev–Trinajstić information content (AvgIpc) is 2.74. The number of carbonyl (C=O) groups is 2. The summed E-state index contributed by atoms with van der Waals surface area (Å²) in [6.45, 7) is -1.45. The Hall–Kier alpha value is -3.88. The van der Waals surface area contributed by atoms with E-state index in [4.69, 9.17) is 0 Å². The molecule has 2 amide bonds. The average molecular weight is 415 g/mol. The monoisotopic (exact) mass is 415 g/mol. The molecule has 0 unspecified atom stereocenters. The normalized spacial score (nSPS) is 10.9. The first-order valence-electron chi connectivity index (χ1n) is 8.73. The quantitative estimate of drug-likeness (QED) is 0.620. The summed E-state index contributed by atoms with van der Waals surface area (Å²) in [5.41, 5.74) is 1.65. The molecule has 2 aromatic carbocycles. The van der Waals surface area contributed by atoms with Crippen molar-refractivity contribution in [3.63, 3.8) is 0 Å². The van der Waals surface area contributed by atoms with Crippen molar-refractivity contribution in [2.45, 2.75) is 6.18 Å². The lowest BCUT2D eigenvalue weighted by atomic mass is 10.1. The molecule has 0 aliphatic carbocycles. The van der Waals surface area contributed by atoms with Gasteiger partial charge in [-0.1, -0.05) is 18.2 Å². The van der Waals surface area contributed by atoms with Gasteiger partial charge >= 0.3 is 6.18 Å². The van der Waals surface area contributed by atoms with Crippen LogP contribution in [-0.2, 0) is 0 Å². The number of amides is 2. The zero-order valence-corrected chi connectivity index (χ0v) is 15.4. The van der Waals surface area contributed by atoms with E-state index in [1.807, 2.05) is 6.07 Å². The van der Waals surface area contributed by atoms with Crippen LogP contribution < -0.4 is 15.4 Å². The van der Waals surface area contributed by atoms with E-state index < -0.39 is 18.7 Å². The van der Waals surface area contributed by atoms with E-state index in [1.54, 1.807) is 36.4 Å². The first-order valence-corrected chi connectivity index (χ1v) is 8.73. The van der Waals surface area contributed by atoms with Crippen LogP contribution in [0, 0.1) is 0 Å². The minimum atomic E-state index is -4.46. The molecule has 0 atom stereocenters. The maximum Gasteiger partial charge on any atom is 0.422 e. The standard InChI is InChI=1S/C21H16F3N3O3/c22-21(23,24)13-30-18-11-10-17(12-25-18)27-20(29)15-6-8-16(9-7-15)26-19(28)14-4-2-1-3-5-14/h1-12H,13H2,(H,26,28)(H,27,29). The van der Waals surface area contributed by atoms with E-state index in [9.17, 15) is 22.8 Å². The number of benzene rings is 2. The van der Waals surface area contributed by atoms with Crippen LogP contribution >= 0.6 is 0 Å². The van der Waals surface area contributed by atoms with Crippen molar-refractivity contribution in [3.8, 4) is 5.88 Å². The van der Waals surface area contributed by atoms with Crippen LogP contribution in [0.5, 0.6) is 5.88 Å². The zero-order valence-electron chi connectivity index (χ0n) is 15.4. The first kappa shape index (κ1) is 20.8. The first-order chi connectivity index (χ1) is 14.3. The van der Waals surface area contributed by atoms with Crippen LogP contribution in [0.1, 0.15) is 20.7 Å². The lowest BCUT2D eigenvalue weighted by Crippen LogP contribution is -2.19. The van der Waals surface area contributed by atoms with Gasteiger partial charge in [-0.25, -0.2) is 4.98 Å². The third-order valence-corrected chi connectivity index (χ3v) is 3.82. The number of nitrogens with one attached hydrogen (secondary N) is 2. The number of nitrogens with zero attached hydrogens (tertiary/aromatic N) is 1. The molecule has 1 aromatic heterocycles. The summed E-state index contributed by atoms with van der Waals surface area (Å²) in [4.78, 5) is 28.2. The van der Waals surface area contributed by atoms with Gasteiger partial charge < -0.3 is 15.4 Å². The summed E-state index contributed by atoms with van der Waals surface area (Å²) in [6.07, 6.45) is -3.26. The van der Waals surface area contributed by atoms with Crippen LogP contribution in [0.4, 0.5) is 24.5 Å². The van der Waals surface area contributed by atoms with E-state index in [-0.39, 0.29) is 11.8 Å². The lowest BCUT2D eigenvalue weighted by Gasteiger charge is -2.10. The molecule has 154 valence electrons. The summed E-state index contributed by atoms with van der Waals surface area (Å²) in [5.74, 6) is -0.919. The molecule has 1 heterocycles. The molecule has 0 saturated carbocycles. The van der Waals surface area contributed by atoms with Gasteiger partial charge in [0.1, 0.15) is 0 Å². The number of pyridine rings is 1. The molecule has 30 heavy (non-hydrogen) atoms. The Labute approximate surface area is 169 Å². The molecule has 0 aliphatic heterocycles. The molecular formula is C21H16F3N3O3. The molecule has 9 heteroatoms. The van der Waals surface area contributed by atoms with E-state index >= 15 is 0 Å². The highest BCUT2D eigenvalue weighted by molar-refractivity contribution is 6.06. The van der Waals surface area contributed by atoms with Gasteiger partial charge in [0, 0.05) is 22.9 Å². The summed E-state index contributed by atoms with van der Waals surface area (Å²) in [5, 5.41) is 5.31. The summed E-state index contributed by atoms with van der Waals surface area (Å²) < 4.78 is 40.9. The van der Waals surface area contributed by atoms with E-state index in [2.05, 4.69) is 20.4 Å². The number of aromatic nitrogens is 1. The van der Waals surface area contributed by atoms with Crippen molar-refractivity contribution in [2.75, 3.05) is 17.2 Å². The smallest absolute Gasteiger partial charge is 0.422 e. The molecule has 0 saturated heterocycles. The van der Waals surface area contributed by atoms with Crippen LogP contribution in [0.25, 0.3) is 0 Å². The van der Waals surface area contributed by atoms with Crippen molar-refractivity contribution in [3.05, 3.63) is 84.1 Å². The maximum absolute atomic E-state index is 12.3. The SMILES string of the molecule is O=C(Nc1ccc(C(=O)Nc2ccc(OCC(F)(F)F)nc2)cc1)c1ccccc1. The Morgan fingerprint density at radius 3 is 1.93 bits per heavy atom. The molecule has 0 radical (unpaired) electrons. The van der Waals surface area contributed by atoms with Crippen molar-refractivity contribution < 1.29 is 27.5 Å². The zero-order chi connectivity index (χ0) is 21.6. The molecule has 6 nitrogen and oxygen atoms in total. The molecule has 3 aromatic rings. The number of carbonyl (C=O) groups excluding carboxylic acids is 2. The molecule has 0 aliphatic rings. The van der Waals surface area contributed by atoms with Gasteiger partial charge in [0.05, 0.1) is 11.9 Å². The Morgan fingerprint density at radius 2 is 1.37 bits per heavy atom. The minimum absolute atomic E-state index is 0.205. The minimum Gasteiger partial charge on any atom is -0.468 e. The number of ether oxygens (including phenoxy) is 1. The second-order valence-corrected chi connectivity index (χ2v) is 6.14. The largest absolute Gasteiger partial charge is 0.468 e. The van der Waals surface area contributed by atoms with Crippen molar-refractivity contribution >= 4 is 23.2 Å². The maximum atomic E-state index is 12.3. The molecular weight excluding hydrogens is 399 g/mol. The van der Waals surface area contributed by atoms with Gasteiger partial charge in [0.2, 0.25) is 5.88 Å². The molecule has 0 spiro atoms. The predicted molar refractivity (Wildman–Crippen MR) is 105 cm³/mol. The molecule has 0 bridgehead atoms. The van der Waals surface area contributed by atoms with Gasteiger partial charge in [-0.05, 0) is 42.5 Å². The second-order valence-electron chi connectivity index (χ2n) is 6.14. The number of alkyl halides is 3. The highest BCUT2D eigenvalue weighted by Crippen LogP contribution is 2.19. The van der Waals surface area contributed by atoms with Crippen molar-refractivity contribution in [2.24, 2.45) is 0 Å². The predicted octanol–water partition coefficient (Wildman–Crippen LogP) is 4.53. The Kier molecular flexibility index (Phi) is 6.31. The Morgan fingerprint density at radius 1 is 0.800 bits per heavy atom. The van der Waals surface area contributed by atoms with E-state index in [0.29, 0.717) is 22.5 Å². The van der Waals surface area contributed by atoms with Crippen molar-refractivity contribution in [1.29, 1.82) is 0 Å². The topological polar surface area (TPSA) is 80.3 Å². The summed E-state index contributed by atoms with van der Waals surface area (Å²) >= 11 is 0. The van der Waals surface area contributed by atoms with Crippen LogP contribution in [-0.4, -0.2) is 29.6 Å². The third kappa shape index (κ3) is 6.06. The number of rotatable bonds is 6. The second kappa shape index (κ2) is 9.08. The van der Waals surface area contributed by atoms with Gasteiger partial charge in [-0.2, -0.15) is 13.2 Å². The molecule has 0 fully saturated rings. The van der Waals surface area contributed by atoms with Crippen LogP contribution in [0.15, 0.2) is 72.9 Å². The van der Waals surface area contributed by atoms with E-state index in [0.717, 1.165) is 0 Å². The third-order valence-electron chi connectivity index (χ3n) is 3.82. The van der Waals surface area contributed by atoms with Gasteiger partial charge in [-0.3, -0.25) is 9.59 Å². The van der Waals surface area contributed by atoms with Crippen LogP contribution in [0.3, 0.4) is 0 Å². The van der Waals surface area contributed by atoms with Crippen LogP contribution in [0.2, 0.25) is 0 Å². The fourth-order valence-electron chi connectivity index (χ4n) is 2.40. The fourth-order valence-corrected chi connectivity index (χ4v) is 2.40. The van der Waals surface area contributed by atoms with Crippen molar-refractivity contribution in [1.82, 2.24) is 4.98 Å². The number of anilines is 2. The molecule has 3 rings (SSSR count). The highest BCUT2D eigenvalue weighted by Gasteiger charge is 2.28. The summed E-state index contributed by atoms with van der Waals surface area (Å²) in [6, 6.07) is 17.5. The van der Waals surface area contributed by atoms with Gasteiger partial charge in [0.15, 0.2) is 6.61 Å². The number of hydrogen-bond acceptors (Lipinski definition) is 4. The number of hydrogen-bond donors (Lipinski definition) is 2. The lowest BCUT2D eigenvalue weighted by molar-refractivity contribution is -0.154. The Bertz CT molecular complexity index is 1010. The summed E-state index contributed by atoms with van der Waals surface area (Å²) in [7, 11) is 0.